The number of nitrogens with zero attached hydrogens (tertiary/aromatic N) is 1. The maximum Gasteiger partial charge on any atom is 0.162 e. The Morgan fingerprint density at radius 1 is 1.17 bits per heavy atom. The molecule has 1 aromatic carbocycles. The first-order valence-electron chi connectivity index (χ1n) is 7.18. The molecule has 0 aromatic heterocycles. The van der Waals surface area contributed by atoms with Crippen LogP contribution in [-0.4, -0.2) is 30.3 Å². The van der Waals surface area contributed by atoms with E-state index in [0.29, 0.717) is 6.17 Å². The van der Waals surface area contributed by atoms with E-state index in [4.69, 9.17) is 5.73 Å². The van der Waals surface area contributed by atoms with Crippen molar-refractivity contribution in [2.45, 2.75) is 38.8 Å². The number of nitrogens with one attached hydrogen (secondary N) is 1. The lowest BCUT2D eigenvalue weighted by molar-refractivity contribution is -0.924. The van der Waals surface area contributed by atoms with E-state index in [2.05, 4.69) is 24.4 Å². The average molecular weight is 246 g/mol. The summed E-state index contributed by atoms with van der Waals surface area (Å²) in [6, 6.07) is 6.18. The average Bonchev–Trinajstić information content (AvgIpc) is 2.96. The normalized spacial score (nSPS) is 25.7. The first-order chi connectivity index (χ1) is 8.70. The molecule has 2 heterocycles. The van der Waals surface area contributed by atoms with Crippen LogP contribution < -0.4 is 11.1 Å². The van der Waals surface area contributed by atoms with Crippen molar-refractivity contribution in [1.82, 2.24) is 0 Å². The smallest absolute Gasteiger partial charge is 0.162 e. The van der Waals surface area contributed by atoms with Crippen LogP contribution in [0.2, 0.25) is 0 Å². The Hall–Kier alpha value is -1.22. The second kappa shape index (κ2) is 4.47. The second-order valence-electron chi connectivity index (χ2n) is 5.97. The van der Waals surface area contributed by atoms with Gasteiger partial charge in [-0.15, -0.1) is 0 Å². The molecule has 3 nitrogen and oxygen atoms in total. The van der Waals surface area contributed by atoms with Crippen molar-refractivity contribution in [3.63, 3.8) is 0 Å². The van der Waals surface area contributed by atoms with E-state index in [-0.39, 0.29) is 0 Å². The zero-order valence-corrected chi connectivity index (χ0v) is 11.3. The number of nitrogen functional groups attached to an aromatic ring is 1. The SMILES string of the molecule is Cc1ccc(N)cc1NC1CCC[N+]12CCCC2. The molecule has 0 aliphatic carbocycles. The van der Waals surface area contributed by atoms with Crippen LogP contribution in [0.4, 0.5) is 11.4 Å². The first-order valence-corrected chi connectivity index (χ1v) is 7.18. The molecule has 18 heavy (non-hydrogen) atoms. The molecule has 3 heteroatoms. The maximum atomic E-state index is 5.90. The number of benzene rings is 1. The van der Waals surface area contributed by atoms with Crippen LogP contribution in [0.1, 0.15) is 31.2 Å². The van der Waals surface area contributed by atoms with E-state index in [1.165, 1.54) is 61.1 Å². The fourth-order valence-electron chi connectivity index (χ4n) is 3.71. The number of hydrogen-bond donors (Lipinski definition) is 2. The zero-order chi connectivity index (χ0) is 12.6. The number of rotatable bonds is 2. The lowest BCUT2D eigenvalue weighted by atomic mass is 10.1. The highest BCUT2D eigenvalue weighted by atomic mass is 15.5. The molecule has 3 rings (SSSR count). The van der Waals surface area contributed by atoms with Gasteiger partial charge in [0.2, 0.25) is 0 Å². The van der Waals surface area contributed by atoms with E-state index in [1.807, 2.05) is 6.07 Å². The summed E-state index contributed by atoms with van der Waals surface area (Å²) in [5.74, 6) is 0. The summed E-state index contributed by atoms with van der Waals surface area (Å²) in [6.45, 7) is 6.24. The van der Waals surface area contributed by atoms with E-state index >= 15 is 0 Å². The topological polar surface area (TPSA) is 38.0 Å². The summed E-state index contributed by atoms with van der Waals surface area (Å²) >= 11 is 0. The Balaban J connectivity index is 1.81. The van der Waals surface area contributed by atoms with Crippen molar-refractivity contribution in [2.75, 3.05) is 30.7 Å². The van der Waals surface area contributed by atoms with Gasteiger partial charge in [-0.2, -0.15) is 0 Å². The summed E-state index contributed by atoms with van der Waals surface area (Å²) in [6.07, 6.45) is 6.06. The van der Waals surface area contributed by atoms with Crippen LogP contribution >= 0.6 is 0 Å². The fraction of sp³-hybridized carbons (Fsp3) is 0.600. The predicted molar refractivity (Wildman–Crippen MR) is 76.3 cm³/mol. The van der Waals surface area contributed by atoms with Gasteiger partial charge in [-0.25, -0.2) is 0 Å². The first kappa shape index (κ1) is 11.8. The second-order valence-corrected chi connectivity index (χ2v) is 5.97. The summed E-state index contributed by atoms with van der Waals surface area (Å²) < 4.78 is 1.30. The molecule has 1 unspecified atom stereocenters. The van der Waals surface area contributed by atoms with E-state index < -0.39 is 0 Å². The molecular formula is C15H24N3+. The molecule has 0 bridgehead atoms. The van der Waals surface area contributed by atoms with E-state index in [0.717, 1.165) is 5.69 Å². The Morgan fingerprint density at radius 2 is 1.89 bits per heavy atom. The molecule has 1 atom stereocenters. The number of quaternary nitrogens is 1. The Bertz CT molecular complexity index is 430. The molecule has 0 saturated carbocycles. The molecular weight excluding hydrogens is 222 g/mol. The molecule has 1 spiro atoms. The molecule has 3 N–H and O–H groups in total. The Morgan fingerprint density at radius 3 is 2.67 bits per heavy atom. The summed E-state index contributed by atoms with van der Waals surface area (Å²) in [5.41, 5.74) is 9.28. The third kappa shape index (κ3) is 1.97. The molecule has 2 aliphatic rings. The van der Waals surface area contributed by atoms with Gasteiger partial charge in [0, 0.05) is 37.1 Å². The van der Waals surface area contributed by atoms with Gasteiger partial charge in [0.05, 0.1) is 19.6 Å². The summed E-state index contributed by atoms with van der Waals surface area (Å²) in [5, 5.41) is 3.77. The largest absolute Gasteiger partial charge is 0.399 e. The molecule has 0 amide bonds. The molecule has 2 aliphatic heterocycles. The molecule has 1 aromatic rings. The van der Waals surface area contributed by atoms with Crippen molar-refractivity contribution in [3.05, 3.63) is 23.8 Å². The third-order valence-electron chi connectivity index (χ3n) is 4.78. The van der Waals surface area contributed by atoms with Crippen LogP contribution in [-0.2, 0) is 0 Å². The highest BCUT2D eigenvalue weighted by Crippen LogP contribution is 2.34. The predicted octanol–water partition coefficient (Wildman–Crippen LogP) is 2.72. The highest BCUT2D eigenvalue weighted by molar-refractivity contribution is 5.59. The lowest BCUT2D eigenvalue weighted by Gasteiger charge is -2.36. The minimum atomic E-state index is 0.605. The van der Waals surface area contributed by atoms with Crippen LogP contribution in [0.15, 0.2) is 18.2 Å². The monoisotopic (exact) mass is 246 g/mol. The van der Waals surface area contributed by atoms with Crippen molar-refractivity contribution in [1.29, 1.82) is 0 Å². The van der Waals surface area contributed by atoms with Gasteiger partial charge < -0.3 is 15.5 Å². The standard InChI is InChI=1S/C15H24N3/c1-12-6-7-13(16)11-14(12)17-15-5-4-10-18(15)8-2-3-9-18/h6-7,11,15,17H,2-5,8-10,16H2,1H3/q+1. The molecule has 98 valence electrons. The van der Waals surface area contributed by atoms with Crippen molar-refractivity contribution in [3.8, 4) is 0 Å². The van der Waals surface area contributed by atoms with Crippen LogP contribution in [0, 0.1) is 6.92 Å². The van der Waals surface area contributed by atoms with Gasteiger partial charge in [-0.05, 0) is 24.6 Å². The quantitative estimate of drug-likeness (QED) is 0.622. The number of hydrogen-bond acceptors (Lipinski definition) is 2. The Labute approximate surface area is 110 Å². The number of aryl methyl sites for hydroxylation is 1. The molecule has 2 fully saturated rings. The number of anilines is 2. The van der Waals surface area contributed by atoms with Crippen molar-refractivity contribution < 1.29 is 4.48 Å². The highest BCUT2D eigenvalue weighted by Gasteiger charge is 2.43. The minimum absolute atomic E-state index is 0.605. The van der Waals surface area contributed by atoms with Crippen LogP contribution in [0.3, 0.4) is 0 Å². The summed E-state index contributed by atoms with van der Waals surface area (Å²) in [7, 11) is 0. The van der Waals surface area contributed by atoms with Gasteiger partial charge in [-0.1, -0.05) is 6.07 Å². The van der Waals surface area contributed by atoms with Gasteiger partial charge in [0.25, 0.3) is 0 Å². The molecule has 0 radical (unpaired) electrons. The van der Waals surface area contributed by atoms with Gasteiger partial charge in [-0.3, -0.25) is 0 Å². The summed E-state index contributed by atoms with van der Waals surface area (Å²) in [4.78, 5) is 0. The zero-order valence-electron chi connectivity index (χ0n) is 11.3. The van der Waals surface area contributed by atoms with E-state index in [9.17, 15) is 0 Å². The van der Waals surface area contributed by atoms with Crippen molar-refractivity contribution in [2.24, 2.45) is 0 Å². The third-order valence-corrected chi connectivity index (χ3v) is 4.78. The van der Waals surface area contributed by atoms with E-state index in [1.54, 1.807) is 0 Å². The minimum Gasteiger partial charge on any atom is -0.399 e. The lowest BCUT2D eigenvalue weighted by Crippen LogP contribution is -2.52. The fourth-order valence-corrected chi connectivity index (χ4v) is 3.71. The van der Waals surface area contributed by atoms with Crippen LogP contribution in [0.25, 0.3) is 0 Å². The Kier molecular flexibility index (Phi) is 2.94. The van der Waals surface area contributed by atoms with Gasteiger partial charge in [0.1, 0.15) is 0 Å². The molecule has 2 saturated heterocycles. The van der Waals surface area contributed by atoms with Crippen LogP contribution in [0.5, 0.6) is 0 Å². The van der Waals surface area contributed by atoms with Crippen molar-refractivity contribution >= 4 is 11.4 Å². The maximum absolute atomic E-state index is 5.90. The van der Waals surface area contributed by atoms with Gasteiger partial charge in [0.15, 0.2) is 6.17 Å². The van der Waals surface area contributed by atoms with Gasteiger partial charge >= 0.3 is 0 Å². The number of nitrogens with two attached hydrogens (primary N) is 1.